The molecule has 1 atom stereocenters. The van der Waals surface area contributed by atoms with E-state index in [4.69, 9.17) is 0 Å². The monoisotopic (exact) mass is 248 g/mol. The van der Waals surface area contributed by atoms with E-state index in [1.165, 1.54) is 32.1 Å². The molecule has 98 valence electrons. The lowest BCUT2D eigenvalue weighted by Crippen LogP contribution is -2.27. The van der Waals surface area contributed by atoms with Crippen LogP contribution in [0.4, 0.5) is 11.4 Å². The lowest BCUT2D eigenvalue weighted by atomic mass is 9.84. The van der Waals surface area contributed by atoms with Crippen LogP contribution in [0.1, 0.15) is 39.0 Å². The van der Waals surface area contributed by atoms with Crippen molar-refractivity contribution < 1.29 is 4.92 Å². The molecule has 1 aliphatic carbocycles. The van der Waals surface area contributed by atoms with E-state index in [0.717, 1.165) is 11.6 Å². The van der Waals surface area contributed by atoms with Crippen LogP contribution < -0.4 is 5.32 Å². The molecule has 0 spiro atoms. The van der Waals surface area contributed by atoms with E-state index in [0.29, 0.717) is 6.04 Å². The molecule has 0 radical (unpaired) electrons. The van der Waals surface area contributed by atoms with E-state index in [-0.39, 0.29) is 10.6 Å². The second-order valence-electron chi connectivity index (χ2n) is 5.14. The molecule has 1 aromatic carbocycles. The Hall–Kier alpha value is -1.58. The number of nitro groups is 1. The van der Waals surface area contributed by atoms with Crippen LogP contribution in [0.25, 0.3) is 0 Å². The van der Waals surface area contributed by atoms with Crippen LogP contribution in [0.15, 0.2) is 24.3 Å². The Bertz CT molecular complexity index is 397. The van der Waals surface area contributed by atoms with Gasteiger partial charge in [0, 0.05) is 23.9 Å². The van der Waals surface area contributed by atoms with Crippen molar-refractivity contribution in [3.05, 3.63) is 34.4 Å². The fraction of sp³-hybridized carbons (Fsp3) is 0.571. The lowest BCUT2D eigenvalue weighted by molar-refractivity contribution is -0.384. The number of non-ortho nitro benzene ring substituents is 1. The van der Waals surface area contributed by atoms with E-state index >= 15 is 0 Å². The fourth-order valence-corrected chi connectivity index (χ4v) is 2.69. The van der Waals surface area contributed by atoms with Gasteiger partial charge < -0.3 is 5.32 Å². The van der Waals surface area contributed by atoms with Gasteiger partial charge in [-0.2, -0.15) is 0 Å². The summed E-state index contributed by atoms with van der Waals surface area (Å²) in [4.78, 5) is 10.2. The van der Waals surface area contributed by atoms with Crippen molar-refractivity contribution in [2.45, 2.75) is 45.1 Å². The van der Waals surface area contributed by atoms with Crippen LogP contribution in [0.2, 0.25) is 0 Å². The van der Waals surface area contributed by atoms with Gasteiger partial charge in [0.2, 0.25) is 0 Å². The Morgan fingerprint density at radius 1 is 1.22 bits per heavy atom. The number of hydrogen-bond acceptors (Lipinski definition) is 3. The van der Waals surface area contributed by atoms with Crippen LogP contribution in [0.3, 0.4) is 0 Å². The smallest absolute Gasteiger partial charge is 0.269 e. The molecule has 1 N–H and O–H groups in total. The Balaban J connectivity index is 1.93. The standard InChI is InChI=1S/C14H20N2O2/c1-11(12-5-3-2-4-6-12)15-13-7-9-14(10-8-13)16(17)18/h7-12,15H,2-6H2,1H3. The highest BCUT2D eigenvalue weighted by Gasteiger charge is 2.19. The molecule has 1 aliphatic rings. The highest BCUT2D eigenvalue weighted by molar-refractivity contribution is 5.49. The van der Waals surface area contributed by atoms with Gasteiger partial charge in [0.1, 0.15) is 0 Å². The molecule has 1 fully saturated rings. The van der Waals surface area contributed by atoms with Gasteiger partial charge in [-0.1, -0.05) is 19.3 Å². The number of nitrogens with one attached hydrogen (secondary N) is 1. The van der Waals surface area contributed by atoms with E-state index < -0.39 is 0 Å². The SMILES string of the molecule is CC(Nc1ccc([N+](=O)[O-])cc1)C1CCCCC1. The zero-order valence-corrected chi connectivity index (χ0v) is 10.8. The van der Waals surface area contributed by atoms with E-state index in [1.807, 2.05) is 0 Å². The maximum atomic E-state index is 10.6. The first kappa shape index (κ1) is 12.9. The van der Waals surface area contributed by atoms with Gasteiger partial charge >= 0.3 is 0 Å². The molecule has 4 heteroatoms. The molecule has 1 unspecified atom stereocenters. The number of nitro benzene ring substituents is 1. The predicted molar refractivity (Wildman–Crippen MR) is 72.8 cm³/mol. The molecule has 0 saturated heterocycles. The molecule has 0 aliphatic heterocycles. The third kappa shape index (κ3) is 3.22. The van der Waals surface area contributed by atoms with Gasteiger partial charge in [-0.05, 0) is 37.8 Å². The molecular weight excluding hydrogens is 228 g/mol. The molecule has 1 saturated carbocycles. The first-order chi connectivity index (χ1) is 8.66. The number of benzene rings is 1. The average molecular weight is 248 g/mol. The van der Waals surface area contributed by atoms with Crippen LogP contribution >= 0.6 is 0 Å². The van der Waals surface area contributed by atoms with Gasteiger partial charge in [-0.25, -0.2) is 0 Å². The zero-order valence-electron chi connectivity index (χ0n) is 10.8. The van der Waals surface area contributed by atoms with Gasteiger partial charge in [0.15, 0.2) is 0 Å². The Morgan fingerprint density at radius 3 is 2.39 bits per heavy atom. The molecule has 1 aromatic rings. The van der Waals surface area contributed by atoms with E-state index in [1.54, 1.807) is 24.3 Å². The number of hydrogen-bond donors (Lipinski definition) is 1. The Labute approximate surface area is 108 Å². The van der Waals surface area contributed by atoms with E-state index in [2.05, 4.69) is 12.2 Å². The molecule has 2 rings (SSSR count). The molecule has 0 amide bonds. The summed E-state index contributed by atoms with van der Waals surface area (Å²) in [6.45, 7) is 2.21. The number of anilines is 1. The first-order valence-corrected chi connectivity index (χ1v) is 6.68. The topological polar surface area (TPSA) is 55.2 Å². The minimum atomic E-state index is -0.367. The average Bonchev–Trinajstić information content (AvgIpc) is 2.40. The largest absolute Gasteiger partial charge is 0.382 e. The normalized spacial score (nSPS) is 18.3. The maximum absolute atomic E-state index is 10.6. The van der Waals surface area contributed by atoms with Crippen LogP contribution in [-0.4, -0.2) is 11.0 Å². The summed E-state index contributed by atoms with van der Waals surface area (Å²) in [5, 5.41) is 14.0. The second kappa shape index (κ2) is 5.85. The fourth-order valence-electron chi connectivity index (χ4n) is 2.69. The number of rotatable bonds is 4. The highest BCUT2D eigenvalue weighted by atomic mass is 16.6. The second-order valence-corrected chi connectivity index (χ2v) is 5.14. The summed E-state index contributed by atoms with van der Waals surface area (Å²) in [6.07, 6.45) is 6.61. The van der Waals surface area contributed by atoms with E-state index in [9.17, 15) is 10.1 Å². The zero-order chi connectivity index (χ0) is 13.0. The quantitative estimate of drug-likeness (QED) is 0.647. The highest BCUT2D eigenvalue weighted by Crippen LogP contribution is 2.28. The first-order valence-electron chi connectivity index (χ1n) is 6.68. The third-order valence-corrected chi connectivity index (χ3v) is 3.83. The Morgan fingerprint density at radius 2 is 1.83 bits per heavy atom. The minimum Gasteiger partial charge on any atom is -0.382 e. The summed E-state index contributed by atoms with van der Waals surface area (Å²) in [7, 11) is 0. The summed E-state index contributed by atoms with van der Waals surface area (Å²) >= 11 is 0. The van der Waals surface area contributed by atoms with Gasteiger partial charge in [0.25, 0.3) is 5.69 Å². The van der Waals surface area contributed by atoms with Crippen molar-refractivity contribution >= 4 is 11.4 Å². The van der Waals surface area contributed by atoms with Crippen molar-refractivity contribution in [2.75, 3.05) is 5.32 Å². The predicted octanol–water partition coefficient (Wildman–Crippen LogP) is 3.98. The van der Waals surface area contributed by atoms with Gasteiger partial charge in [-0.3, -0.25) is 10.1 Å². The molecule has 0 heterocycles. The third-order valence-electron chi connectivity index (χ3n) is 3.83. The number of nitrogens with zero attached hydrogens (tertiary/aromatic N) is 1. The van der Waals surface area contributed by atoms with Gasteiger partial charge in [0.05, 0.1) is 4.92 Å². The van der Waals surface area contributed by atoms with Crippen LogP contribution in [-0.2, 0) is 0 Å². The van der Waals surface area contributed by atoms with Crippen LogP contribution in [0.5, 0.6) is 0 Å². The summed E-state index contributed by atoms with van der Waals surface area (Å²) < 4.78 is 0. The summed E-state index contributed by atoms with van der Waals surface area (Å²) in [6, 6.07) is 7.12. The molecule has 0 aromatic heterocycles. The van der Waals surface area contributed by atoms with Crippen molar-refractivity contribution in [3.8, 4) is 0 Å². The van der Waals surface area contributed by atoms with Gasteiger partial charge in [-0.15, -0.1) is 0 Å². The van der Waals surface area contributed by atoms with Crippen molar-refractivity contribution in [1.29, 1.82) is 0 Å². The molecule has 18 heavy (non-hydrogen) atoms. The molecule has 0 bridgehead atoms. The lowest BCUT2D eigenvalue weighted by Gasteiger charge is -2.29. The van der Waals surface area contributed by atoms with Crippen molar-refractivity contribution in [1.82, 2.24) is 0 Å². The maximum Gasteiger partial charge on any atom is 0.269 e. The van der Waals surface area contributed by atoms with Crippen molar-refractivity contribution in [2.24, 2.45) is 5.92 Å². The molecule has 4 nitrogen and oxygen atoms in total. The minimum absolute atomic E-state index is 0.144. The Kier molecular flexibility index (Phi) is 4.18. The summed E-state index contributed by atoms with van der Waals surface area (Å²) in [5.74, 6) is 0.731. The van der Waals surface area contributed by atoms with Crippen molar-refractivity contribution in [3.63, 3.8) is 0 Å². The summed E-state index contributed by atoms with van der Waals surface area (Å²) in [5.41, 5.74) is 1.12. The van der Waals surface area contributed by atoms with Crippen LogP contribution in [0, 0.1) is 16.0 Å². The molecular formula is C14H20N2O2.